The predicted octanol–water partition coefficient (Wildman–Crippen LogP) is 2.69. The molecule has 1 aromatic carbocycles. The zero-order chi connectivity index (χ0) is 11.3. The average molecular weight is 224 g/mol. The molecule has 1 N–H and O–H groups in total. The maximum absolute atomic E-state index is 10.2. The summed E-state index contributed by atoms with van der Waals surface area (Å²) in [4.78, 5) is 11.2. The highest BCUT2D eigenvalue weighted by Gasteiger charge is 1.99. The van der Waals surface area contributed by atoms with Gasteiger partial charge in [-0.1, -0.05) is 11.8 Å². The maximum atomic E-state index is 10.2. The van der Waals surface area contributed by atoms with Gasteiger partial charge in [0.15, 0.2) is 0 Å². The number of aryl methyl sites for hydroxylation is 1. The number of rotatable bonds is 4. The molecule has 0 radical (unpaired) electrons. The first-order valence-corrected chi connectivity index (χ1v) is 5.22. The second-order valence-corrected chi connectivity index (χ2v) is 3.87. The first-order chi connectivity index (χ1) is 7.13. The molecule has 0 saturated heterocycles. The number of methoxy groups -OCH3 is 1. The lowest BCUT2D eigenvalue weighted by Gasteiger charge is -2.05. The number of hydrogen-bond donors (Lipinski definition) is 1. The topological polar surface area (TPSA) is 46.5 Å². The average Bonchev–Trinajstić information content (AvgIpc) is 2.17. The van der Waals surface area contributed by atoms with E-state index >= 15 is 0 Å². The van der Waals surface area contributed by atoms with E-state index in [1.54, 1.807) is 12.5 Å². The highest BCUT2D eigenvalue weighted by atomic mass is 32.2. The van der Waals surface area contributed by atoms with Gasteiger partial charge in [-0.3, -0.25) is 0 Å². The normalized spacial score (nSPS) is 10.5. The fraction of sp³-hybridized carbons (Fsp3) is 0.182. The molecule has 4 heteroatoms. The van der Waals surface area contributed by atoms with Gasteiger partial charge in [-0.25, -0.2) is 4.79 Å². The van der Waals surface area contributed by atoms with Crippen molar-refractivity contribution < 1.29 is 14.6 Å². The Balaban J connectivity index is 2.71. The van der Waals surface area contributed by atoms with Crippen molar-refractivity contribution in [3.05, 3.63) is 35.2 Å². The van der Waals surface area contributed by atoms with E-state index in [4.69, 9.17) is 9.84 Å². The Kier molecular flexibility index (Phi) is 4.24. The minimum Gasteiger partial charge on any atom is -0.496 e. The molecule has 1 rings (SSSR count). The Morgan fingerprint density at radius 2 is 2.27 bits per heavy atom. The van der Waals surface area contributed by atoms with Gasteiger partial charge < -0.3 is 9.84 Å². The van der Waals surface area contributed by atoms with Crippen molar-refractivity contribution >= 4 is 17.7 Å². The molecule has 80 valence electrons. The van der Waals surface area contributed by atoms with Crippen molar-refractivity contribution in [1.29, 1.82) is 0 Å². The molecule has 0 fully saturated rings. The summed E-state index contributed by atoms with van der Waals surface area (Å²) in [6, 6.07) is 5.71. The summed E-state index contributed by atoms with van der Waals surface area (Å²) in [7, 11) is 1.62. The number of hydrogen-bond acceptors (Lipinski definition) is 3. The monoisotopic (exact) mass is 224 g/mol. The number of carboxylic acids is 1. The Labute approximate surface area is 92.8 Å². The van der Waals surface area contributed by atoms with Crippen molar-refractivity contribution in [1.82, 2.24) is 0 Å². The molecular weight excluding hydrogens is 212 g/mol. The van der Waals surface area contributed by atoms with Gasteiger partial charge in [0.2, 0.25) is 0 Å². The third-order valence-corrected chi connectivity index (χ3v) is 2.58. The molecule has 0 spiro atoms. The van der Waals surface area contributed by atoms with Crippen LogP contribution in [-0.4, -0.2) is 18.2 Å². The van der Waals surface area contributed by atoms with Gasteiger partial charge in [0.1, 0.15) is 5.75 Å². The van der Waals surface area contributed by atoms with Gasteiger partial charge in [-0.15, -0.1) is 0 Å². The lowest BCUT2D eigenvalue weighted by Crippen LogP contribution is -1.86. The van der Waals surface area contributed by atoms with E-state index in [1.165, 1.54) is 11.8 Å². The summed E-state index contributed by atoms with van der Waals surface area (Å²) in [5.74, 6) is -0.103. The van der Waals surface area contributed by atoms with Gasteiger partial charge in [-0.2, -0.15) is 0 Å². The Hall–Kier alpha value is -1.42. The molecule has 1 aromatic rings. The smallest absolute Gasteiger partial charge is 0.328 e. The van der Waals surface area contributed by atoms with Crippen LogP contribution in [0.25, 0.3) is 0 Å². The van der Waals surface area contributed by atoms with Crippen molar-refractivity contribution in [2.45, 2.75) is 11.8 Å². The molecule has 3 nitrogen and oxygen atoms in total. The minimum atomic E-state index is -0.937. The molecule has 15 heavy (non-hydrogen) atoms. The van der Waals surface area contributed by atoms with Gasteiger partial charge in [0.05, 0.1) is 7.11 Å². The Bertz CT molecular complexity index is 385. The van der Waals surface area contributed by atoms with Crippen molar-refractivity contribution in [3.63, 3.8) is 0 Å². The predicted molar refractivity (Wildman–Crippen MR) is 60.4 cm³/mol. The summed E-state index contributed by atoms with van der Waals surface area (Å²) in [6.45, 7) is 1.95. The quantitative estimate of drug-likeness (QED) is 0.631. The van der Waals surface area contributed by atoms with E-state index in [1.807, 2.05) is 25.1 Å². The van der Waals surface area contributed by atoms with Gasteiger partial charge in [0.25, 0.3) is 0 Å². The molecule has 0 unspecified atom stereocenters. The van der Waals surface area contributed by atoms with Crippen LogP contribution < -0.4 is 4.74 Å². The van der Waals surface area contributed by atoms with Crippen LogP contribution in [0, 0.1) is 6.92 Å². The van der Waals surface area contributed by atoms with Crippen LogP contribution in [0.1, 0.15) is 5.56 Å². The van der Waals surface area contributed by atoms with Crippen LogP contribution in [0.2, 0.25) is 0 Å². The number of aliphatic carboxylic acids is 1. The Morgan fingerprint density at radius 1 is 1.53 bits per heavy atom. The van der Waals surface area contributed by atoms with E-state index < -0.39 is 5.97 Å². The molecule has 0 amide bonds. The minimum absolute atomic E-state index is 0.835. The summed E-state index contributed by atoms with van der Waals surface area (Å²) < 4.78 is 5.12. The summed E-state index contributed by atoms with van der Waals surface area (Å²) in [5.41, 5.74) is 1.03. The van der Waals surface area contributed by atoms with Crippen molar-refractivity contribution in [3.8, 4) is 5.75 Å². The number of carboxylic acid groups (broad SMARTS) is 1. The lowest BCUT2D eigenvalue weighted by molar-refractivity contribution is -0.131. The molecule has 0 aliphatic rings. The second kappa shape index (κ2) is 5.46. The van der Waals surface area contributed by atoms with Gasteiger partial charge >= 0.3 is 5.97 Å². The number of benzene rings is 1. The van der Waals surface area contributed by atoms with Crippen molar-refractivity contribution in [2.75, 3.05) is 7.11 Å². The van der Waals surface area contributed by atoms with Crippen molar-refractivity contribution in [2.24, 2.45) is 0 Å². The number of thioether (sulfide) groups is 1. The van der Waals surface area contributed by atoms with Crippen LogP contribution >= 0.6 is 11.8 Å². The highest BCUT2D eigenvalue weighted by molar-refractivity contribution is 8.02. The molecule has 0 heterocycles. The SMILES string of the molecule is COc1ccc(S/C=C/C(=O)O)cc1C. The van der Waals surface area contributed by atoms with Crippen LogP contribution in [0.5, 0.6) is 5.75 Å². The maximum Gasteiger partial charge on any atom is 0.328 e. The zero-order valence-electron chi connectivity index (χ0n) is 8.56. The van der Waals surface area contributed by atoms with E-state index in [9.17, 15) is 4.79 Å². The van der Waals surface area contributed by atoms with Gasteiger partial charge in [-0.05, 0) is 36.1 Å². The molecule has 0 saturated carbocycles. The summed E-state index contributed by atoms with van der Waals surface area (Å²) in [5, 5.41) is 9.95. The van der Waals surface area contributed by atoms with Crippen LogP contribution in [0.3, 0.4) is 0 Å². The molecule has 0 aliphatic carbocycles. The third kappa shape index (κ3) is 3.67. The number of ether oxygens (including phenoxy) is 1. The first-order valence-electron chi connectivity index (χ1n) is 4.34. The van der Waals surface area contributed by atoms with Crippen LogP contribution in [-0.2, 0) is 4.79 Å². The van der Waals surface area contributed by atoms with E-state index in [0.717, 1.165) is 22.3 Å². The fourth-order valence-corrected chi connectivity index (χ4v) is 1.83. The largest absolute Gasteiger partial charge is 0.496 e. The summed E-state index contributed by atoms with van der Waals surface area (Å²) in [6.07, 6.45) is 1.12. The lowest BCUT2D eigenvalue weighted by atomic mass is 10.2. The van der Waals surface area contributed by atoms with E-state index in [0.29, 0.717) is 0 Å². The van der Waals surface area contributed by atoms with Crippen LogP contribution in [0.4, 0.5) is 0 Å². The third-order valence-electron chi connectivity index (χ3n) is 1.78. The van der Waals surface area contributed by atoms with Crippen LogP contribution in [0.15, 0.2) is 34.6 Å². The molecule has 0 atom stereocenters. The zero-order valence-corrected chi connectivity index (χ0v) is 9.38. The molecule has 0 aromatic heterocycles. The standard InChI is InChI=1S/C11H12O3S/c1-8-7-9(3-4-10(8)14-2)15-6-5-11(12)13/h3-7H,1-2H3,(H,12,13)/b6-5+. The highest BCUT2D eigenvalue weighted by Crippen LogP contribution is 2.25. The van der Waals surface area contributed by atoms with E-state index in [-0.39, 0.29) is 0 Å². The first kappa shape index (κ1) is 11.7. The van der Waals surface area contributed by atoms with E-state index in [2.05, 4.69) is 0 Å². The number of carbonyl (C=O) groups is 1. The summed E-state index contributed by atoms with van der Waals surface area (Å²) >= 11 is 1.37. The second-order valence-electron chi connectivity index (χ2n) is 2.89. The van der Waals surface area contributed by atoms with Gasteiger partial charge in [0, 0.05) is 11.0 Å². The molecule has 0 aliphatic heterocycles. The fourth-order valence-electron chi connectivity index (χ4n) is 1.10. The molecular formula is C11H12O3S. The molecule has 0 bridgehead atoms. The Morgan fingerprint density at radius 3 is 2.80 bits per heavy atom.